The summed E-state index contributed by atoms with van der Waals surface area (Å²) in [5, 5.41) is 10.9. The Morgan fingerprint density at radius 2 is 2.11 bits per heavy atom. The molecule has 0 aromatic rings. The lowest BCUT2D eigenvalue weighted by Gasteiger charge is -2.54. The Bertz CT molecular complexity index is 344. The van der Waals surface area contributed by atoms with Crippen LogP contribution in [0.15, 0.2) is 0 Å². The highest BCUT2D eigenvalue weighted by atomic mass is 16.5. The number of carboxylic acids is 1. The summed E-state index contributed by atoms with van der Waals surface area (Å²) in [6.45, 7) is 6.82. The quantitative estimate of drug-likeness (QED) is 0.698. The number of hydrogen-bond donors (Lipinski definition) is 2. The first-order chi connectivity index (χ1) is 8.78. The highest BCUT2D eigenvalue weighted by Gasteiger charge is 2.50. The van der Waals surface area contributed by atoms with Crippen molar-refractivity contribution in [3.63, 3.8) is 0 Å². The number of carboxylic acid groups (broad SMARTS) is 1. The minimum Gasteiger partial charge on any atom is -0.480 e. The molecular weight excluding hydrogens is 248 g/mol. The molecule has 1 amide bonds. The van der Waals surface area contributed by atoms with Crippen LogP contribution in [0.4, 0.5) is 0 Å². The van der Waals surface area contributed by atoms with Crippen LogP contribution in [0, 0.1) is 5.41 Å². The third kappa shape index (κ3) is 3.91. The molecule has 0 saturated heterocycles. The van der Waals surface area contributed by atoms with Crippen molar-refractivity contribution in [3.05, 3.63) is 0 Å². The Labute approximate surface area is 114 Å². The Morgan fingerprint density at radius 1 is 1.47 bits per heavy atom. The number of ether oxygens (including phenoxy) is 1. The summed E-state index contributed by atoms with van der Waals surface area (Å²) in [6.07, 6.45) is 1.14. The number of rotatable bonds is 7. The van der Waals surface area contributed by atoms with E-state index in [-0.39, 0.29) is 36.6 Å². The maximum atomic E-state index is 11.6. The second kappa shape index (κ2) is 6.34. The Morgan fingerprint density at radius 3 is 2.58 bits per heavy atom. The fourth-order valence-corrected chi connectivity index (χ4v) is 2.66. The molecule has 1 aliphatic rings. The normalized spacial score (nSPS) is 24.9. The molecular formula is C13H24N2O4. The van der Waals surface area contributed by atoms with Crippen molar-refractivity contribution in [2.45, 2.75) is 39.3 Å². The Balaban J connectivity index is 2.41. The van der Waals surface area contributed by atoms with E-state index < -0.39 is 5.97 Å². The van der Waals surface area contributed by atoms with Crippen molar-refractivity contribution in [1.29, 1.82) is 0 Å². The monoisotopic (exact) mass is 272 g/mol. The van der Waals surface area contributed by atoms with Gasteiger partial charge in [0.15, 0.2) is 0 Å². The van der Waals surface area contributed by atoms with E-state index >= 15 is 0 Å². The second-order valence-electron chi connectivity index (χ2n) is 5.60. The van der Waals surface area contributed by atoms with Gasteiger partial charge in [0.05, 0.1) is 12.6 Å². The maximum Gasteiger partial charge on any atom is 0.322 e. The van der Waals surface area contributed by atoms with Crippen molar-refractivity contribution in [3.8, 4) is 0 Å². The number of amides is 1. The lowest BCUT2D eigenvalue weighted by molar-refractivity contribution is -0.150. The molecule has 1 rings (SSSR count). The van der Waals surface area contributed by atoms with Crippen molar-refractivity contribution in [2.75, 3.05) is 26.7 Å². The average molecular weight is 272 g/mol. The minimum absolute atomic E-state index is 0.0117. The van der Waals surface area contributed by atoms with Crippen LogP contribution in [0.5, 0.6) is 0 Å². The largest absolute Gasteiger partial charge is 0.480 e. The van der Waals surface area contributed by atoms with Gasteiger partial charge in [-0.15, -0.1) is 0 Å². The molecule has 1 aliphatic carbocycles. The van der Waals surface area contributed by atoms with Gasteiger partial charge in [-0.05, 0) is 20.4 Å². The van der Waals surface area contributed by atoms with Gasteiger partial charge in [0.25, 0.3) is 0 Å². The van der Waals surface area contributed by atoms with Gasteiger partial charge < -0.3 is 15.2 Å². The average Bonchev–Trinajstić information content (AvgIpc) is 2.31. The third-order valence-electron chi connectivity index (χ3n) is 3.86. The van der Waals surface area contributed by atoms with Gasteiger partial charge in [-0.2, -0.15) is 0 Å². The molecule has 2 N–H and O–H groups in total. The molecule has 0 heterocycles. The summed E-state index contributed by atoms with van der Waals surface area (Å²) in [5.74, 6) is -1.29. The van der Waals surface area contributed by atoms with E-state index in [0.717, 1.165) is 6.42 Å². The summed E-state index contributed by atoms with van der Waals surface area (Å²) in [4.78, 5) is 23.9. The van der Waals surface area contributed by atoms with Crippen LogP contribution in [0.1, 0.15) is 27.2 Å². The maximum absolute atomic E-state index is 11.6. The number of carbonyl (C=O) groups is 2. The lowest BCUT2D eigenvalue weighted by Crippen LogP contribution is -2.62. The first kappa shape index (κ1) is 15.9. The van der Waals surface area contributed by atoms with Crippen LogP contribution >= 0.6 is 0 Å². The molecule has 0 aliphatic heterocycles. The SMILES string of the molecule is CCOC1CC(N(C)CC(=O)NCC(=O)O)C1(C)C. The van der Waals surface area contributed by atoms with E-state index in [9.17, 15) is 9.59 Å². The molecule has 6 heteroatoms. The van der Waals surface area contributed by atoms with Gasteiger partial charge in [-0.1, -0.05) is 13.8 Å². The number of hydrogen-bond acceptors (Lipinski definition) is 4. The molecule has 0 aromatic heterocycles. The summed E-state index contributed by atoms with van der Waals surface area (Å²) in [5.41, 5.74) is 0.0117. The fraction of sp³-hybridized carbons (Fsp3) is 0.846. The standard InChI is InChI=1S/C13H24N2O4/c1-5-19-10-6-9(13(10,2)3)15(4)8-11(16)14-7-12(17)18/h9-10H,5-8H2,1-4H3,(H,14,16)(H,17,18). The summed E-state index contributed by atoms with van der Waals surface area (Å²) < 4.78 is 5.65. The molecule has 110 valence electrons. The van der Waals surface area contributed by atoms with Crippen molar-refractivity contribution < 1.29 is 19.4 Å². The highest BCUT2D eigenvalue weighted by molar-refractivity contribution is 5.82. The van der Waals surface area contributed by atoms with Gasteiger partial charge >= 0.3 is 5.97 Å². The van der Waals surface area contributed by atoms with Gasteiger partial charge in [0.1, 0.15) is 6.54 Å². The molecule has 0 bridgehead atoms. The van der Waals surface area contributed by atoms with Crippen molar-refractivity contribution in [1.82, 2.24) is 10.2 Å². The molecule has 2 unspecified atom stereocenters. The number of nitrogens with one attached hydrogen (secondary N) is 1. The molecule has 6 nitrogen and oxygen atoms in total. The number of carbonyl (C=O) groups excluding carboxylic acids is 1. The van der Waals surface area contributed by atoms with E-state index in [1.54, 1.807) is 0 Å². The van der Waals surface area contributed by atoms with Crippen LogP contribution < -0.4 is 5.32 Å². The summed E-state index contributed by atoms with van der Waals surface area (Å²) >= 11 is 0. The Kier molecular flexibility index (Phi) is 5.31. The smallest absolute Gasteiger partial charge is 0.322 e. The van der Waals surface area contributed by atoms with Crippen LogP contribution in [0.2, 0.25) is 0 Å². The van der Waals surface area contributed by atoms with Crippen molar-refractivity contribution >= 4 is 11.9 Å². The predicted octanol–water partition coefficient (Wildman–Crippen LogP) is 0.323. The number of nitrogens with zero attached hydrogens (tertiary/aromatic N) is 1. The first-order valence-electron chi connectivity index (χ1n) is 6.59. The number of aliphatic carboxylic acids is 1. The third-order valence-corrected chi connectivity index (χ3v) is 3.86. The summed E-state index contributed by atoms with van der Waals surface area (Å²) in [7, 11) is 1.88. The first-order valence-corrected chi connectivity index (χ1v) is 6.59. The zero-order valence-electron chi connectivity index (χ0n) is 12.1. The van der Waals surface area contributed by atoms with Crippen LogP contribution in [0.3, 0.4) is 0 Å². The second-order valence-corrected chi connectivity index (χ2v) is 5.60. The van der Waals surface area contributed by atoms with E-state index in [0.29, 0.717) is 6.61 Å². The van der Waals surface area contributed by atoms with E-state index in [4.69, 9.17) is 9.84 Å². The minimum atomic E-state index is -1.03. The van der Waals surface area contributed by atoms with E-state index in [1.165, 1.54) is 0 Å². The van der Waals surface area contributed by atoms with Crippen LogP contribution in [-0.2, 0) is 14.3 Å². The van der Waals surface area contributed by atoms with Crippen LogP contribution in [-0.4, -0.2) is 60.8 Å². The zero-order chi connectivity index (χ0) is 14.6. The van der Waals surface area contributed by atoms with Gasteiger partial charge in [0, 0.05) is 18.1 Å². The van der Waals surface area contributed by atoms with E-state index in [2.05, 4.69) is 19.2 Å². The molecule has 19 heavy (non-hydrogen) atoms. The van der Waals surface area contributed by atoms with Gasteiger partial charge in [0.2, 0.25) is 5.91 Å². The lowest BCUT2D eigenvalue weighted by atomic mass is 9.64. The molecule has 1 saturated carbocycles. The topological polar surface area (TPSA) is 78.9 Å². The molecule has 2 atom stereocenters. The highest BCUT2D eigenvalue weighted by Crippen LogP contribution is 2.45. The molecule has 0 aromatic carbocycles. The molecule has 0 spiro atoms. The Hall–Kier alpha value is -1.14. The predicted molar refractivity (Wildman–Crippen MR) is 70.9 cm³/mol. The molecule has 1 fully saturated rings. The summed E-state index contributed by atoms with van der Waals surface area (Å²) in [6, 6.07) is 0.277. The van der Waals surface area contributed by atoms with Crippen LogP contribution in [0.25, 0.3) is 0 Å². The van der Waals surface area contributed by atoms with Gasteiger partial charge in [-0.25, -0.2) is 0 Å². The van der Waals surface area contributed by atoms with Gasteiger partial charge in [-0.3, -0.25) is 14.5 Å². The number of likely N-dealkylation sites (N-methyl/N-ethyl adjacent to an activating group) is 1. The fourth-order valence-electron chi connectivity index (χ4n) is 2.66. The zero-order valence-corrected chi connectivity index (χ0v) is 12.1. The van der Waals surface area contributed by atoms with E-state index in [1.807, 2.05) is 18.9 Å². The molecule has 0 radical (unpaired) electrons. The van der Waals surface area contributed by atoms with Crippen molar-refractivity contribution in [2.24, 2.45) is 5.41 Å².